The Morgan fingerprint density at radius 3 is 1.91 bits per heavy atom. The van der Waals surface area contributed by atoms with Crippen molar-refractivity contribution in [1.82, 2.24) is 0 Å². The third kappa shape index (κ3) is 3.44. The minimum atomic E-state index is 0.585. The van der Waals surface area contributed by atoms with Gasteiger partial charge in [0.25, 0.3) is 0 Å². The summed E-state index contributed by atoms with van der Waals surface area (Å²) in [4.78, 5) is 0. The molecule has 0 aliphatic carbocycles. The van der Waals surface area contributed by atoms with Crippen molar-refractivity contribution in [2.75, 3.05) is 0 Å². The lowest BCUT2D eigenvalue weighted by atomic mass is 10.0. The van der Waals surface area contributed by atoms with E-state index in [1.54, 1.807) is 6.08 Å². The number of hydrogen-bond donors (Lipinski definition) is 0. The second-order valence-electron chi connectivity index (χ2n) is 5.09. The lowest BCUT2D eigenvalue weighted by Gasteiger charge is -2.08. The van der Waals surface area contributed by atoms with Crippen LogP contribution >= 0.6 is 0 Å². The maximum Gasteiger partial charge on any atom is 0.119 e. The Bertz CT molecular complexity index is 725. The van der Waals surface area contributed by atoms with E-state index in [1.807, 2.05) is 42.5 Å². The van der Waals surface area contributed by atoms with Crippen LogP contribution < -0.4 is 4.74 Å². The van der Waals surface area contributed by atoms with Crippen molar-refractivity contribution in [1.29, 1.82) is 0 Å². The van der Waals surface area contributed by atoms with Gasteiger partial charge < -0.3 is 4.74 Å². The first-order valence-electron chi connectivity index (χ1n) is 7.27. The molecule has 3 aromatic carbocycles. The van der Waals surface area contributed by atoms with E-state index in [-0.39, 0.29) is 0 Å². The van der Waals surface area contributed by atoms with Gasteiger partial charge >= 0.3 is 0 Å². The summed E-state index contributed by atoms with van der Waals surface area (Å²) in [6.07, 6.45) is 1.60. The van der Waals surface area contributed by atoms with E-state index in [4.69, 9.17) is 11.3 Å². The second-order valence-corrected chi connectivity index (χ2v) is 5.09. The average Bonchev–Trinajstić information content (AvgIpc) is 2.61. The minimum absolute atomic E-state index is 0.585. The Labute approximate surface area is 131 Å². The van der Waals surface area contributed by atoms with Gasteiger partial charge in [-0.3, -0.25) is 0 Å². The molecule has 0 fully saturated rings. The molecule has 0 bridgehead atoms. The zero-order chi connectivity index (χ0) is 15.2. The molecule has 0 saturated carbocycles. The van der Waals surface area contributed by atoms with E-state index in [9.17, 15) is 0 Å². The zero-order valence-electron chi connectivity index (χ0n) is 12.3. The fourth-order valence-corrected chi connectivity index (χ4v) is 2.27. The van der Waals surface area contributed by atoms with Crippen LogP contribution in [0.2, 0.25) is 0 Å². The molecule has 0 atom stereocenters. The number of ether oxygens (including phenoxy) is 1. The summed E-state index contributed by atoms with van der Waals surface area (Å²) >= 11 is 0. The molecule has 1 heteroatoms. The highest BCUT2D eigenvalue weighted by molar-refractivity contribution is 5.66. The predicted molar refractivity (Wildman–Crippen MR) is 91.4 cm³/mol. The van der Waals surface area contributed by atoms with Crippen molar-refractivity contribution in [2.45, 2.75) is 6.61 Å². The van der Waals surface area contributed by atoms with E-state index < -0.39 is 0 Å². The Balaban J connectivity index is 1.68. The maximum atomic E-state index is 5.80. The normalized spacial score (nSPS) is 10.2. The summed E-state index contributed by atoms with van der Waals surface area (Å²) in [6, 6.07) is 26.5. The highest BCUT2D eigenvalue weighted by atomic mass is 16.5. The first kappa shape index (κ1) is 14.2. The highest BCUT2D eigenvalue weighted by Crippen LogP contribution is 2.23. The van der Waals surface area contributed by atoms with Gasteiger partial charge in [-0.25, -0.2) is 0 Å². The van der Waals surface area contributed by atoms with Gasteiger partial charge in [0.1, 0.15) is 12.4 Å². The number of hydrogen-bond acceptors (Lipinski definition) is 1. The lowest BCUT2D eigenvalue weighted by Crippen LogP contribution is -1.94. The van der Waals surface area contributed by atoms with E-state index in [0.29, 0.717) is 6.61 Å². The summed E-state index contributed by atoms with van der Waals surface area (Å²) < 4.78 is 5.80. The molecule has 0 amide bonds. The van der Waals surface area contributed by atoms with Crippen molar-refractivity contribution in [3.8, 4) is 16.9 Å². The molecule has 1 radical (unpaired) electrons. The minimum Gasteiger partial charge on any atom is -0.489 e. The molecule has 22 heavy (non-hydrogen) atoms. The second kappa shape index (κ2) is 6.77. The fourth-order valence-electron chi connectivity index (χ4n) is 2.27. The van der Waals surface area contributed by atoms with Crippen molar-refractivity contribution in [3.05, 3.63) is 96.6 Å². The van der Waals surface area contributed by atoms with Gasteiger partial charge in [-0.2, -0.15) is 0 Å². The average molecular weight is 285 g/mol. The third-order valence-electron chi connectivity index (χ3n) is 3.54. The Hall–Kier alpha value is -2.80. The fraction of sp³-hybridized carbons (Fsp3) is 0.0476. The van der Waals surface area contributed by atoms with Crippen LogP contribution in [-0.2, 0) is 6.61 Å². The molecule has 0 aliphatic heterocycles. The number of benzene rings is 3. The van der Waals surface area contributed by atoms with Gasteiger partial charge in [0.05, 0.1) is 0 Å². The predicted octanol–water partition coefficient (Wildman–Crippen LogP) is 5.38. The smallest absolute Gasteiger partial charge is 0.119 e. The summed E-state index contributed by atoms with van der Waals surface area (Å²) in [5, 5.41) is 0. The first-order chi connectivity index (χ1) is 10.8. The van der Waals surface area contributed by atoms with Crippen molar-refractivity contribution in [2.24, 2.45) is 0 Å². The molecular formula is C21H17O. The standard InChI is InChI=1S/C21H17O/c1-2-17-8-10-19(11-9-17)20-12-14-21(15-13-20)22-16-18-6-4-3-5-7-18/h1-15H,16H2. The SMILES string of the molecule is [CH]=Cc1ccc(-c2ccc(OCc3ccccc3)cc2)cc1. The van der Waals surface area contributed by atoms with Crippen molar-refractivity contribution >= 4 is 6.08 Å². The third-order valence-corrected chi connectivity index (χ3v) is 3.54. The quantitative estimate of drug-likeness (QED) is 0.611. The Kier molecular flexibility index (Phi) is 4.35. The van der Waals surface area contributed by atoms with E-state index in [1.165, 1.54) is 11.1 Å². The summed E-state index contributed by atoms with van der Waals surface area (Å²) in [6.45, 7) is 6.08. The van der Waals surface area contributed by atoms with Crippen LogP contribution in [0.4, 0.5) is 0 Å². The first-order valence-corrected chi connectivity index (χ1v) is 7.27. The van der Waals surface area contributed by atoms with Crippen LogP contribution in [0.3, 0.4) is 0 Å². The van der Waals surface area contributed by atoms with E-state index >= 15 is 0 Å². The monoisotopic (exact) mass is 285 g/mol. The van der Waals surface area contributed by atoms with Crippen LogP contribution in [-0.4, -0.2) is 0 Å². The van der Waals surface area contributed by atoms with Crippen LogP contribution in [0.5, 0.6) is 5.75 Å². The molecule has 0 aliphatic rings. The largest absolute Gasteiger partial charge is 0.489 e. The molecule has 1 nitrogen and oxygen atoms in total. The Morgan fingerprint density at radius 2 is 1.32 bits per heavy atom. The van der Waals surface area contributed by atoms with Crippen molar-refractivity contribution in [3.63, 3.8) is 0 Å². The summed E-state index contributed by atoms with van der Waals surface area (Å²) in [7, 11) is 0. The molecule has 0 N–H and O–H groups in total. The zero-order valence-corrected chi connectivity index (χ0v) is 12.3. The molecule has 0 saturated heterocycles. The topological polar surface area (TPSA) is 9.23 Å². The van der Waals surface area contributed by atoms with Gasteiger partial charge in [-0.05, 0) is 34.4 Å². The van der Waals surface area contributed by atoms with Crippen LogP contribution in [0.15, 0.2) is 78.9 Å². The van der Waals surface area contributed by atoms with Crippen LogP contribution in [0.1, 0.15) is 11.1 Å². The van der Waals surface area contributed by atoms with Gasteiger partial charge in [-0.1, -0.05) is 79.4 Å². The maximum absolute atomic E-state index is 5.80. The molecular weight excluding hydrogens is 268 g/mol. The van der Waals surface area contributed by atoms with E-state index in [0.717, 1.165) is 16.9 Å². The highest BCUT2D eigenvalue weighted by Gasteiger charge is 1.99. The summed E-state index contributed by atoms with van der Waals surface area (Å²) in [5.74, 6) is 0.875. The molecule has 3 rings (SSSR count). The summed E-state index contributed by atoms with van der Waals surface area (Å²) in [5.41, 5.74) is 4.52. The molecule has 0 heterocycles. The molecule has 3 aromatic rings. The molecule has 0 aromatic heterocycles. The van der Waals surface area contributed by atoms with E-state index in [2.05, 4.69) is 36.4 Å². The molecule has 0 unspecified atom stereocenters. The van der Waals surface area contributed by atoms with Gasteiger partial charge in [-0.15, -0.1) is 0 Å². The Morgan fingerprint density at radius 1 is 0.727 bits per heavy atom. The molecule has 0 spiro atoms. The van der Waals surface area contributed by atoms with Gasteiger partial charge in [0, 0.05) is 0 Å². The molecule has 107 valence electrons. The van der Waals surface area contributed by atoms with Gasteiger partial charge in [0.2, 0.25) is 0 Å². The van der Waals surface area contributed by atoms with Crippen LogP contribution in [0.25, 0.3) is 17.2 Å². The lowest BCUT2D eigenvalue weighted by molar-refractivity contribution is 0.306. The van der Waals surface area contributed by atoms with Gasteiger partial charge in [0.15, 0.2) is 0 Å². The van der Waals surface area contributed by atoms with Crippen molar-refractivity contribution < 1.29 is 4.74 Å². The van der Waals surface area contributed by atoms with Crippen LogP contribution in [0, 0.1) is 6.58 Å². The number of rotatable bonds is 5.